The summed E-state index contributed by atoms with van der Waals surface area (Å²) in [6.07, 6.45) is 0. The fourth-order valence-electron chi connectivity index (χ4n) is 1.78. The molecule has 1 heterocycles. The molecule has 1 aromatic rings. The summed E-state index contributed by atoms with van der Waals surface area (Å²) in [4.78, 5) is 4.37. The number of hydrogen-bond donors (Lipinski definition) is 4. The van der Waals surface area contributed by atoms with Crippen molar-refractivity contribution >= 4 is 24.3 Å². The number of rotatable bonds is 4. The highest BCUT2D eigenvalue weighted by Gasteiger charge is 2.13. The van der Waals surface area contributed by atoms with Crippen LogP contribution in [-0.2, 0) is 6.54 Å². The van der Waals surface area contributed by atoms with Gasteiger partial charge in [-0.15, -0.1) is 12.4 Å². The SMILES string of the molecule is CC(C)CN=C(NCc1ccc2c(c1)OCO2)NC(=N)N.Cl. The van der Waals surface area contributed by atoms with Gasteiger partial charge in [0.2, 0.25) is 6.79 Å². The third-order valence-corrected chi connectivity index (χ3v) is 2.76. The second kappa shape index (κ2) is 8.33. The Kier molecular flexibility index (Phi) is 6.78. The van der Waals surface area contributed by atoms with Gasteiger partial charge < -0.3 is 20.5 Å². The van der Waals surface area contributed by atoms with Gasteiger partial charge >= 0.3 is 0 Å². The van der Waals surface area contributed by atoms with Crippen LogP contribution in [0.15, 0.2) is 23.2 Å². The lowest BCUT2D eigenvalue weighted by molar-refractivity contribution is 0.174. The molecule has 0 saturated heterocycles. The predicted molar refractivity (Wildman–Crippen MR) is 88.8 cm³/mol. The van der Waals surface area contributed by atoms with Crippen LogP contribution >= 0.6 is 12.4 Å². The number of aliphatic imine (C=N–C) groups is 1. The number of nitrogens with two attached hydrogens (primary N) is 1. The Morgan fingerprint density at radius 1 is 1.36 bits per heavy atom. The van der Waals surface area contributed by atoms with Crippen LogP contribution in [0.5, 0.6) is 11.5 Å². The second-order valence-corrected chi connectivity index (χ2v) is 5.16. The maximum absolute atomic E-state index is 7.30. The number of nitrogens with zero attached hydrogens (tertiary/aromatic N) is 1. The van der Waals surface area contributed by atoms with E-state index in [-0.39, 0.29) is 25.2 Å². The van der Waals surface area contributed by atoms with Crippen molar-refractivity contribution in [2.75, 3.05) is 13.3 Å². The van der Waals surface area contributed by atoms with E-state index < -0.39 is 0 Å². The minimum absolute atomic E-state index is 0. The van der Waals surface area contributed by atoms with Crippen molar-refractivity contribution < 1.29 is 9.47 Å². The summed E-state index contributed by atoms with van der Waals surface area (Å²) < 4.78 is 10.6. The maximum atomic E-state index is 7.30. The lowest BCUT2D eigenvalue weighted by Crippen LogP contribution is -2.44. The van der Waals surface area contributed by atoms with E-state index in [1.54, 1.807) is 0 Å². The van der Waals surface area contributed by atoms with E-state index in [4.69, 9.17) is 20.6 Å². The van der Waals surface area contributed by atoms with Gasteiger partial charge in [-0.1, -0.05) is 19.9 Å². The van der Waals surface area contributed by atoms with Crippen molar-refractivity contribution in [3.8, 4) is 11.5 Å². The summed E-state index contributed by atoms with van der Waals surface area (Å²) >= 11 is 0. The Hall–Kier alpha value is -2.15. The zero-order valence-electron chi connectivity index (χ0n) is 12.7. The molecule has 0 aromatic heterocycles. The van der Waals surface area contributed by atoms with Gasteiger partial charge in [0.05, 0.1) is 0 Å². The Bertz CT molecular complexity index is 548. The summed E-state index contributed by atoms with van der Waals surface area (Å²) in [7, 11) is 0. The zero-order valence-corrected chi connectivity index (χ0v) is 13.5. The predicted octanol–water partition coefficient (Wildman–Crippen LogP) is 1.42. The van der Waals surface area contributed by atoms with Gasteiger partial charge in [-0.25, -0.2) is 0 Å². The Morgan fingerprint density at radius 2 is 2.09 bits per heavy atom. The van der Waals surface area contributed by atoms with Crippen LogP contribution in [0.4, 0.5) is 0 Å². The van der Waals surface area contributed by atoms with Gasteiger partial charge in [0.25, 0.3) is 0 Å². The van der Waals surface area contributed by atoms with Crippen LogP contribution in [-0.4, -0.2) is 25.3 Å². The van der Waals surface area contributed by atoms with E-state index >= 15 is 0 Å². The molecule has 1 aliphatic rings. The van der Waals surface area contributed by atoms with E-state index in [2.05, 4.69) is 29.5 Å². The molecule has 0 radical (unpaired) electrons. The Labute approximate surface area is 136 Å². The molecule has 0 atom stereocenters. The van der Waals surface area contributed by atoms with Crippen LogP contribution in [0.25, 0.3) is 0 Å². The highest BCUT2D eigenvalue weighted by atomic mass is 35.5. The van der Waals surface area contributed by atoms with Crippen LogP contribution in [0.2, 0.25) is 0 Å². The third kappa shape index (κ3) is 5.33. The molecular formula is C14H22ClN5O2. The van der Waals surface area contributed by atoms with Crippen molar-refractivity contribution in [1.29, 1.82) is 5.41 Å². The van der Waals surface area contributed by atoms with E-state index in [1.165, 1.54) is 0 Å². The van der Waals surface area contributed by atoms with E-state index in [0.29, 0.717) is 25.0 Å². The number of ether oxygens (including phenoxy) is 2. The fraction of sp³-hybridized carbons (Fsp3) is 0.429. The van der Waals surface area contributed by atoms with Gasteiger partial charge in [-0.05, 0) is 23.6 Å². The number of fused-ring (bicyclic) bond motifs is 1. The zero-order chi connectivity index (χ0) is 15.2. The minimum atomic E-state index is -0.143. The quantitative estimate of drug-likeness (QED) is 0.494. The molecule has 0 aliphatic carbocycles. The molecule has 1 aromatic carbocycles. The molecular weight excluding hydrogens is 306 g/mol. The van der Waals surface area contributed by atoms with Gasteiger partial charge in [-0.3, -0.25) is 15.7 Å². The molecule has 122 valence electrons. The average Bonchev–Trinajstić information content (AvgIpc) is 2.88. The van der Waals surface area contributed by atoms with Gasteiger partial charge in [0.1, 0.15) is 0 Å². The van der Waals surface area contributed by atoms with Crippen molar-refractivity contribution in [2.45, 2.75) is 20.4 Å². The number of guanidine groups is 2. The first kappa shape index (κ1) is 17.9. The van der Waals surface area contributed by atoms with E-state index in [9.17, 15) is 0 Å². The topological polar surface area (TPSA) is 105 Å². The summed E-state index contributed by atoms with van der Waals surface area (Å²) in [5.74, 6) is 2.29. The molecule has 0 amide bonds. The second-order valence-electron chi connectivity index (χ2n) is 5.16. The first-order valence-electron chi connectivity index (χ1n) is 6.82. The first-order chi connectivity index (χ1) is 10.0. The van der Waals surface area contributed by atoms with E-state index in [0.717, 1.165) is 17.1 Å². The highest BCUT2D eigenvalue weighted by Crippen LogP contribution is 2.32. The number of halogens is 1. The largest absolute Gasteiger partial charge is 0.454 e. The third-order valence-electron chi connectivity index (χ3n) is 2.76. The Morgan fingerprint density at radius 3 is 2.77 bits per heavy atom. The van der Waals surface area contributed by atoms with Crippen LogP contribution < -0.4 is 25.8 Å². The van der Waals surface area contributed by atoms with Crippen LogP contribution in [0.3, 0.4) is 0 Å². The van der Waals surface area contributed by atoms with E-state index in [1.807, 2.05) is 18.2 Å². The monoisotopic (exact) mass is 327 g/mol. The number of hydrogen-bond acceptors (Lipinski definition) is 4. The minimum Gasteiger partial charge on any atom is -0.454 e. The molecule has 0 unspecified atom stereocenters. The molecule has 2 rings (SSSR count). The molecule has 8 heteroatoms. The normalized spacial score (nSPS) is 12.8. The number of nitrogens with one attached hydrogen (secondary N) is 3. The van der Waals surface area contributed by atoms with Gasteiger partial charge in [0.15, 0.2) is 23.4 Å². The Balaban J connectivity index is 0.00000242. The first-order valence-corrected chi connectivity index (χ1v) is 6.82. The molecule has 5 N–H and O–H groups in total. The smallest absolute Gasteiger partial charge is 0.231 e. The lowest BCUT2D eigenvalue weighted by atomic mass is 10.2. The standard InChI is InChI=1S/C14H21N5O2.ClH/c1-9(2)6-17-14(19-13(15)16)18-7-10-3-4-11-12(5-10)21-8-20-11;/h3-5,9H,6-8H2,1-2H3,(H5,15,16,17,18,19);1H. The van der Waals surface area contributed by atoms with Gasteiger partial charge in [0, 0.05) is 13.1 Å². The molecule has 0 saturated carbocycles. The van der Waals surface area contributed by atoms with Crippen molar-refractivity contribution in [3.63, 3.8) is 0 Å². The molecule has 0 fully saturated rings. The average molecular weight is 328 g/mol. The maximum Gasteiger partial charge on any atom is 0.231 e. The van der Waals surface area contributed by atoms with Crippen LogP contribution in [0, 0.1) is 11.3 Å². The molecule has 1 aliphatic heterocycles. The molecule has 7 nitrogen and oxygen atoms in total. The highest BCUT2D eigenvalue weighted by molar-refractivity contribution is 5.96. The van der Waals surface area contributed by atoms with Gasteiger partial charge in [-0.2, -0.15) is 0 Å². The summed E-state index contributed by atoms with van der Waals surface area (Å²) in [5.41, 5.74) is 6.39. The fourth-order valence-corrected chi connectivity index (χ4v) is 1.78. The van der Waals surface area contributed by atoms with Crippen molar-refractivity contribution in [2.24, 2.45) is 16.6 Å². The summed E-state index contributed by atoms with van der Waals surface area (Å²) in [5, 5.41) is 13.1. The molecule has 0 spiro atoms. The number of benzene rings is 1. The molecule has 22 heavy (non-hydrogen) atoms. The van der Waals surface area contributed by atoms with Crippen molar-refractivity contribution in [3.05, 3.63) is 23.8 Å². The van der Waals surface area contributed by atoms with Crippen molar-refractivity contribution in [1.82, 2.24) is 10.6 Å². The van der Waals surface area contributed by atoms with Crippen LogP contribution in [0.1, 0.15) is 19.4 Å². The summed E-state index contributed by atoms with van der Waals surface area (Å²) in [6, 6.07) is 5.75. The summed E-state index contributed by atoms with van der Waals surface area (Å²) in [6.45, 7) is 5.62. The lowest BCUT2D eigenvalue weighted by Gasteiger charge is -2.12. The molecule has 0 bridgehead atoms.